The van der Waals surface area contributed by atoms with Gasteiger partial charge in [0.25, 0.3) is 0 Å². The normalized spacial score (nSPS) is 18.0. The van der Waals surface area contributed by atoms with Gasteiger partial charge >= 0.3 is 0 Å². The van der Waals surface area contributed by atoms with Crippen LogP contribution >= 0.6 is 15.9 Å². The average Bonchev–Trinajstić information content (AvgIpc) is 2.59. The van der Waals surface area contributed by atoms with Crippen molar-refractivity contribution in [3.63, 3.8) is 0 Å². The molecule has 0 aliphatic carbocycles. The van der Waals surface area contributed by atoms with Crippen LogP contribution in [0.15, 0.2) is 35.1 Å². The van der Waals surface area contributed by atoms with E-state index in [9.17, 15) is 0 Å². The second-order valence-corrected chi connectivity index (χ2v) is 6.76. The molecule has 1 aromatic carbocycles. The number of nitrogens with two attached hydrogens (primary N) is 1. The van der Waals surface area contributed by atoms with Gasteiger partial charge in [-0.05, 0) is 49.9 Å². The van der Waals surface area contributed by atoms with Crippen LogP contribution in [0.25, 0.3) is 0 Å². The Bertz CT molecular complexity index is 659. The molecule has 3 N–H and O–H groups in total. The molecule has 0 spiro atoms. The molecule has 122 valence electrons. The van der Waals surface area contributed by atoms with Crippen LogP contribution in [0.4, 0.5) is 23.0 Å². The van der Waals surface area contributed by atoms with Crippen LogP contribution in [0.2, 0.25) is 0 Å². The molecule has 1 atom stereocenters. The van der Waals surface area contributed by atoms with E-state index in [0.717, 1.165) is 28.9 Å². The molecule has 1 saturated heterocycles. The van der Waals surface area contributed by atoms with Gasteiger partial charge in [0.15, 0.2) is 11.6 Å². The van der Waals surface area contributed by atoms with Crippen LogP contribution in [0, 0.1) is 0 Å². The topological polar surface area (TPSA) is 67.1 Å². The first-order valence-corrected chi connectivity index (χ1v) is 8.88. The Morgan fingerprint density at radius 2 is 2.04 bits per heavy atom. The molecule has 5 nitrogen and oxygen atoms in total. The predicted molar refractivity (Wildman–Crippen MR) is 99.1 cm³/mol. The Balaban J connectivity index is 1.87. The quantitative estimate of drug-likeness (QED) is 0.831. The standard InChI is InChI=1S/C17H22BrN5/c1-2-14-5-3-4-10-23(14)17-15(19)16(20-11-21-17)22-13-8-6-12(18)7-9-13/h6-9,11,14H,2-5,10,19H2,1H3,(H,20,21,22). The molecule has 23 heavy (non-hydrogen) atoms. The number of halogens is 1. The zero-order chi connectivity index (χ0) is 16.2. The van der Waals surface area contributed by atoms with E-state index in [-0.39, 0.29) is 0 Å². The fourth-order valence-electron chi connectivity index (χ4n) is 3.09. The van der Waals surface area contributed by atoms with Gasteiger partial charge in [-0.15, -0.1) is 0 Å². The van der Waals surface area contributed by atoms with Crippen molar-refractivity contribution in [2.45, 2.75) is 38.6 Å². The van der Waals surface area contributed by atoms with Crippen molar-refractivity contribution in [2.24, 2.45) is 0 Å². The number of rotatable bonds is 4. The number of nitrogens with zero attached hydrogens (tertiary/aromatic N) is 3. The first kappa shape index (κ1) is 16.1. The Hall–Kier alpha value is -1.82. The molecular formula is C17H22BrN5. The third-order valence-electron chi connectivity index (χ3n) is 4.34. The molecule has 0 radical (unpaired) electrons. The van der Waals surface area contributed by atoms with Crippen LogP contribution < -0.4 is 16.0 Å². The number of aromatic nitrogens is 2. The zero-order valence-corrected chi connectivity index (χ0v) is 14.9. The smallest absolute Gasteiger partial charge is 0.159 e. The van der Waals surface area contributed by atoms with Gasteiger partial charge in [-0.25, -0.2) is 9.97 Å². The van der Waals surface area contributed by atoms with Crippen LogP contribution in [0.5, 0.6) is 0 Å². The lowest BCUT2D eigenvalue weighted by Crippen LogP contribution is -2.40. The van der Waals surface area contributed by atoms with E-state index < -0.39 is 0 Å². The minimum absolute atomic E-state index is 0.515. The van der Waals surface area contributed by atoms with Crippen molar-refractivity contribution in [3.8, 4) is 0 Å². The van der Waals surface area contributed by atoms with Gasteiger partial charge in [-0.2, -0.15) is 0 Å². The summed E-state index contributed by atoms with van der Waals surface area (Å²) in [6.45, 7) is 3.23. The van der Waals surface area contributed by atoms with E-state index in [2.05, 4.69) is 43.0 Å². The molecule has 1 unspecified atom stereocenters. The Kier molecular flexibility index (Phi) is 5.00. The molecule has 1 aliphatic heterocycles. The summed E-state index contributed by atoms with van der Waals surface area (Å²) >= 11 is 3.44. The summed E-state index contributed by atoms with van der Waals surface area (Å²) in [5, 5.41) is 3.29. The lowest BCUT2D eigenvalue weighted by molar-refractivity contribution is 0.447. The number of nitrogen functional groups attached to an aromatic ring is 1. The zero-order valence-electron chi connectivity index (χ0n) is 13.3. The highest BCUT2D eigenvalue weighted by Gasteiger charge is 2.24. The van der Waals surface area contributed by atoms with Crippen LogP contribution in [0.1, 0.15) is 32.6 Å². The fraction of sp³-hybridized carbons (Fsp3) is 0.412. The lowest BCUT2D eigenvalue weighted by Gasteiger charge is -2.36. The molecule has 3 rings (SSSR count). The highest BCUT2D eigenvalue weighted by Crippen LogP contribution is 2.33. The summed E-state index contributed by atoms with van der Waals surface area (Å²) in [4.78, 5) is 11.1. The third-order valence-corrected chi connectivity index (χ3v) is 4.87. The molecule has 1 aromatic heterocycles. The van der Waals surface area contributed by atoms with Gasteiger partial charge in [0, 0.05) is 22.7 Å². The number of hydrogen-bond acceptors (Lipinski definition) is 5. The van der Waals surface area contributed by atoms with Gasteiger partial charge in [0.2, 0.25) is 0 Å². The van der Waals surface area contributed by atoms with Gasteiger partial charge < -0.3 is 16.0 Å². The maximum atomic E-state index is 6.37. The van der Waals surface area contributed by atoms with Crippen LogP contribution in [-0.2, 0) is 0 Å². The second-order valence-electron chi connectivity index (χ2n) is 5.84. The first-order chi connectivity index (χ1) is 11.2. The van der Waals surface area contributed by atoms with Crippen molar-refractivity contribution >= 4 is 38.9 Å². The minimum Gasteiger partial charge on any atom is -0.393 e. The van der Waals surface area contributed by atoms with Crippen molar-refractivity contribution in [3.05, 3.63) is 35.1 Å². The summed E-state index contributed by atoms with van der Waals surface area (Å²) in [6, 6.07) is 8.46. The van der Waals surface area contributed by atoms with E-state index in [4.69, 9.17) is 5.73 Å². The first-order valence-electron chi connectivity index (χ1n) is 8.08. The van der Waals surface area contributed by atoms with Crippen LogP contribution in [0.3, 0.4) is 0 Å². The van der Waals surface area contributed by atoms with Crippen molar-refractivity contribution in [2.75, 3.05) is 22.5 Å². The van der Waals surface area contributed by atoms with Crippen molar-refractivity contribution in [1.29, 1.82) is 0 Å². The van der Waals surface area contributed by atoms with Gasteiger partial charge in [0.1, 0.15) is 12.0 Å². The summed E-state index contributed by atoms with van der Waals surface area (Å²) in [6.07, 6.45) is 6.38. The largest absolute Gasteiger partial charge is 0.393 e. The molecule has 6 heteroatoms. The number of anilines is 4. The summed E-state index contributed by atoms with van der Waals surface area (Å²) < 4.78 is 1.04. The highest BCUT2D eigenvalue weighted by molar-refractivity contribution is 9.10. The predicted octanol–water partition coefficient (Wildman–Crippen LogP) is 4.33. The van der Waals surface area contributed by atoms with E-state index >= 15 is 0 Å². The van der Waals surface area contributed by atoms with E-state index in [1.54, 1.807) is 6.33 Å². The molecule has 1 aliphatic rings. The van der Waals surface area contributed by atoms with Crippen molar-refractivity contribution < 1.29 is 0 Å². The van der Waals surface area contributed by atoms with Gasteiger partial charge in [-0.1, -0.05) is 22.9 Å². The lowest BCUT2D eigenvalue weighted by atomic mass is 10.00. The van der Waals surface area contributed by atoms with Gasteiger partial charge in [-0.3, -0.25) is 0 Å². The van der Waals surface area contributed by atoms with Crippen molar-refractivity contribution in [1.82, 2.24) is 9.97 Å². The minimum atomic E-state index is 0.515. The molecule has 2 heterocycles. The second kappa shape index (κ2) is 7.17. The number of hydrogen-bond donors (Lipinski definition) is 2. The Morgan fingerprint density at radius 3 is 2.78 bits per heavy atom. The summed E-state index contributed by atoms with van der Waals surface area (Å²) in [5.41, 5.74) is 7.95. The summed E-state index contributed by atoms with van der Waals surface area (Å²) in [5.74, 6) is 1.52. The Morgan fingerprint density at radius 1 is 1.26 bits per heavy atom. The summed E-state index contributed by atoms with van der Waals surface area (Å²) in [7, 11) is 0. The monoisotopic (exact) mass is 375 g/mol. The van der Waals surface area contributed by atoms with Crippen LogP contribution in [-0.4, -0.2) is 22.6 Å². The van der Waals surface area contributed by atoms with E-state index in [0.29, 0.717) is 17.5 Å². The Labute approximate surface area is 145 Å². The SMILES string of the molecule is CCC1CCCCN1c1ncnc(Nc2ccc(Br)cc2)c1N. The van der Waals surface area contributed by atoms with Gasteiger partial charge in [0.05, 0.1) is 0 Å². The molecule has 2 aromatic rings. The number of piperidine rings is 1. The molecule has 0 bridgehead atoms. The number of benzene rings is 1. The third kappa shape index (κ3) is 3.58. The maximum absolute atomic E-state index is 6.37. The maximum Gasteiger partial charge on any atom is 0.159 e. The highest BCUT2D eigenvalue weighted by atomic mass is 79.9. The number of nitrogens with one attached hydrogen (secondary N) is 1. The fourth-order valence-corrected chi connectivity index (χ4v) is 3.35. The average molecular weight is 376 g/mol. The molecule has 0 saturated carbocycles. The molecular weight excluding hydrogens is 354 g/mol. The van der Waals surface area contributed by atoms with E-state index in [1.165, 1.54) is 19.3 Å². The van der Waals surface area contributed by atoms with E-state index in [1.807, 2.05) is 24.3 Å². The molecule has 1 fully saturated rings. The molecule has 0 amide bonds.